The van der Waals surface area contributed by atoms with Gasteiger partial charge in [-0.05, 0) is 35.4 Å². The van der Waals surface area contributed by atoms with Crippen molar-refractivity contribution in [2.24, 2.45) is 0 Å². The molecule has 0 spiro atoms. The standard InChI is InChI=1S/C21H15ClF5N3O/c22-18-15(5-2-6-17(18)24)19(31)28-11-16(12-3-1-4-14(23)8-7-12)13-9-29-20(30-10-13)21(25,26)27/h1-10,14,16H,11H2,(H,28,31). The lowest BCUT2D eigenvalue weighted by atomic mass is 9.92. The van der Waals surface area contributed by atoms with E-state index in [9.17, 15) is 26.7 Å². The number of hydrogen-bond donors (Lipinski definition) is 1. The van der Waals surface area contributed by atoms with Gasteiger partial charge in [-0.3, -0.25) is 4.79 Å². The molecule has 2 atom stereocenters. The highest BCUT2D eigenvalue weighted by Gasteiger charge is 2.34. The highest BCUT2D eigenvalue weighted by Crippen LogP contribution is 2.29. The van der Waals surface area contributed by atoms with Crippen molar-refractivity contribution in [1.29, 1.82) is 0 Å². The molecule has 1 amide bonds. The number of rotatable bonds is 5. The molecule has 0 aliphatic heterocycles. The molecule has 1 N–H and O–H groups in total. The number of aromatic nitrogens is 2. The zero-order chi connectivity index (χ0) is 22.6. The quantitative estimate of drug-likeness (QED) is 0.631. The summed E-state index contributed by atoms with van der Waals surface area (Å²) < 4.78 is 65.6. The summed E-state index contributed by atoms with van der Waals surface area (Å²) in [7, 11) is 0. The molecular formula is C21H15ClF5N3O. The van der Waals surface area contributed by atoms with Crippen molar-refractivity contribution in [1.82, 2.24) is 15.3 Å². The van der Waals surface area contributed by atoms with E-state index in [1.165, 1.54) is 36.4 Å². The Hall–Kier alpha value is -3.07. The molecule has 2 unspecified atom stereocenters. The van der Waals surface area contributed by atoms with Crippen molar-refractivity contribution < 1.29 is 26.7 Å². The van der Waals surface area contributed by atoms with Gasteiger partial charge >= 0.3 is 6.18 Å². The summed E-state index contributed by atoms with van der Waals surface area (Å²) in [5.74, 6) is -3.46. The molecule has 1 aliphatic carbocycles. The average Bonchev–Trinajstić information content (AvgIpc) is 2.94. The molecule has 162 valence electrons. The number of alkyl halides is 4. The van der Waals surface area contributed by atoms with E-state index < -0.39 is 35.8 Å². The van der Waals surface area contributed by atoms with Gasteiger partial charge in [0.05, 0.1) is 10.6 Å². The van der Waals surface area contributed by atoms with Gasteiger partial charge in [0.1, 0.15) is 12.0 Å². The molecular weight excluding hydrogens is 441 g/mol. The number of allylic oxidation sites excluding steroid dienone is 5. The molecule has 10 heteroatoms. The summed E-state index contributed by atoms with van der Waals surface area (Å²) in [6.07, 6.45) is 3.00. The van der Waals surface area contributed by atoms with Crippen molar-refractivity contribution in [3.05, 3.63) is 94.3 Å². The van der Waals surface area contributed by atoms with Crippen LogP contribution in [0.15, 0.2) is 66.5 Å². The Morgan fingerprint density at radius 3 is 2.58 bits per heavy atom. The molecule has 1 aromatic heterocycles. The van der Waals surface area contributed by atoms with E-state index in [1.807, 2.05) is 0 Å². The number of hydrogen-bond acceptors (Lipinski definition) is 3. The lowest BCUT2D eigenvalue weighted by Crippen LogP contribution is -2.29. The summed E-state index contributed by atoms with van der Waals surface area (Å²) in [5, 5.41) is 2.22. The molecule has 1 aromatic carbocycles. The zero-order valence-corrected chi connectivity index (χ0v) is 16.5. The van der Waals surface area contributed by atoms with Crippen molar-refractivity contribution >= 4 is 17.5 Å². The Morgan fingerprint density at radius 2 is 1.90 bits per heavy atom. The first-order chi connectivity index (χ1) is 14.7. The number of carbonyl (C=O) groups excluding carboxylic acids is 1. The lowest BCUT2D eigenvalue weighted by molar-refractivity contribution is -0.145. The Labute approximate surface area is 179 Å². The third-order valence-electron chi connectivity index (χ3n) is 4.45. The predicted octanol–water partition coefficient (Wildman–Crippen LogP) is 5.19. The van der Waals surface area contributed by atoms with Crippen molar-refractivity contribution in [3.63, 3.8) is 0 Å². The Kier molecular flexibility index (Phi) is 6.84. The number of nitrogens with one attached hydrogen (secondary N) is 1. The molecule has 31 heavy (non-hydrogen) atoms. The highest BCUT2D eigenvalue weighted by molar-refractivity contribution is 6.34. The van der Waals surface area contributed by atoms with Gasteiger partial charge in [0, 0.05) is 24.9 Å². The second-order valence-corrected chi connectivity index (χ2v) is 6.93. The van der Waals surface area contributed by atoms with Crippen LogP contribution in [-0.2, 0) is 6.18 Å². The summed E-state index contributed by atoms with van der Waals surface area (Å²) in [4.78, 5) is 19.2. The van der Waals surface area contributed by atoms with Crippen LogP contribution in [0, 0.1) is 5.82 Å². The van der Waals surface area contributed by atoms with Crippen molar-refractivity contribution in [2.45, 2.75) is 18.3 Å². The van der Waals surface area contributed by atoms with E-state index in [2.05, 4.69) is 15.3 Å². The minimum atomic E-state index is -4.71. The topological polar surface area (TPSA) is 54.9 Å². The first kappa shape index (κ1) is 22.6. The van der Waals surface area contributed by atoms with Crippen LogP contribution in [0.3, 0.4) is 0 Å². The maximum atomic E-state index is 13.6. The number of carbonyl (C=O) groups is 1. The van der Waals surface area contributed by atoms with Crippen LogP contribution in [-0.4, -0.2) is 28.6 Å². The summed E-state index contributed by atoms with van der Waals surface area (Å²) in [6.45, 7) is -0.110. The molecule has 2 aromatic rings. The highest BCUT2D eigenvalue weighted by atomic mass is 35.5. The van der Waals surface area contributed by atoms with Crippen LogP contribution in [0.5, 0.6) is 0 Å². The van der Waals surface area contributed by atoms with Crippen LogP contribution in [0.1, 0.15) is 27.7 Å². The van der Waals surface area contributed by atoms with Gasteiger partial charge in [-0.1, -0.05) is 35.9 Å². The maximum Gasteiger partial charge on any atom is 0.451 e. The minimum absolute atomic E-state index is 0.0989. The molecule has 1 aliphatic rings. The Balaban J connectivity index is 1.88. The number of nitrogens with zero attached hydrogens (tertiary/aromatic N) is 2. The summed E-state index contributed by atoms with van der Waals surface area (Å²) >= 11 is 5.83. The number of halogens is 6. The SMILES string of the molecule is O=C(NCC(C1=CC=CC(F)C=C1)c1cnc(C(F)(F)F)nc1)c1cccc(F)c1Cl. The molecule has 0 saturated heterocycles. The van der Waals surface area contributed by atoms with E-state index in [1.54, 1.807) is 6.08 Å². The minimum Gasteiger partial charge on any atom is -0.351 e. The Bertz CT molecular complexity index is 1050. The summed E-state index contributed by atoms with van der Waals surface area (Å²) in [6, 6.07) is 3.75. The van der Waals surface area contributed by atoms with Gasteiger partial charge in [-0.2, -0.15) is 13.2 Å². The lowest BCUT2D eigenvalue weighted by Gasteiger charge is -2.19. The molecule has 0 radical (unpaired) electrons. The zero-order valence-electron chi connectivity index (χ0n) is 15.7. The fourth-order valence-corrected chi connectivity index (χ4v) is 3.10. The molecule has 4 nitrogen and oxygen atoms in total. The number of amides is 1. The molecule has 0 saturated carbocycles. The third-order valence-corrected chi connectivity index (χ3v) is 4.83. The van der Waals surface area contributed by atoms with Crippen LogP contribution in [0.25, 0.3) is 0 Å². The van der Waals surface area contributed by atoms with Crippen LogP contribution in [0.4, 0.5) is 22.0 Å². The Morgan fingerprint density at radius 1 is 1.19 bits per heavy atom. The number of benzene rings is 1. The van der Waals surface area contributed by atoms with Gasteiger partial charge in [-0.25, -0.2) is 18.7 Å². The van der Waals surface area contributed by atoms with Crippen molar-refractivity contribution in [3.8, 4) is 0 Å². The van der Waals surface area contributed by atoms with Gasteiger partial charge in [0.15, 0.2) is 0 Å². The monoisotopic (exact) mass is 455 g/mol. The van der Waals surface area contributed by atoms with Gasteiger partial charge in [0.2, 0.25) is 5.82 Å². The summed E-state index contributed by atoms with van der Waals surface area (Å²) in [5.41, 5.74) is 0.670. The smallest absolute Gasteiger partial charge is 0.351 e. The first-order valence-corrected chi connectivity index (χ1v) is 9.36. The molecule has 1 heterocycles. The molecule has 0 fully saturated rings. The second kappa shape index (κ2) is 9.38. The third kappa shape index (κ3) is 5.55. The first-order valence-electron chi connectivity index (χ1n) is 8.99. The van der Waals surface area contributed by atoms with Gasteiger partial charge < -0.3 is 5.32 Å². The van der Waals surface area contributed by atoms with E-state index in [-0.39, 0.29) is 22.7 Å². The largest absolute Gasteiger partial charge is 0.451 e. The van der Waals surface area contributed by atoms with Crippen LogP contribution >= 0.6 is 11.6 Å². The van der Waals surface area contributed by atoms with Crippen LogP contribution in [0.2, 0.25) is 5.02 Å². The van der Waals surface area contributed by atoms with E-state index >= 15 is 0 Å². The normalized spacial score (nSPS) is 17.1. The van der Waals surface area contributed by atoms with E-state index in [0.717, 1.165) is 18.5 Å². The van der Waals surface area contributed by atoms with Gasteiger partial charge in [0.25, 0.3) is 5.91 Å². The fraction of sp³-hybridized carbons (Fsp3) is 0.190. The molecule has 3 rings (SSSR count). The van der Waals surface area contributed by atoms with E-state index in [0.29, 0.717) is 5.57 Å². The van der Waals surface area contributed by atoms with Crippen molar-refractivity contribution in [2.75, 3.05) is 6.54 Å². The predicted molar refractivity (Wildman–Crippen MR) is 105 cm³/mol. The van der Waals surface area contributed by atoms with Gasteiger partial charge in [-0.15, -0.1) is 0 Å². The fourth-order valence-electron chi connectivity index (χ4n) is 2.89. The average molecular weight is 456 g/mol. The second-order valence-electron chi connectivity index (χ2n) is 6.56. The van der Waals surface area contributed by atoms with E-state index in [4.69, 9.17) is 11.6 Å². The molecule has 0 bridgehead atoms. The van der Waals surface area contributed by atoms with Crippen LogP contribution < -0.4 is 5.32 Å². The maximum absolute atomic E-state index is 13.6.